The number of hydrogen-bond acceptors (Lipinski definition) is 2. The van der Waals surface area contributed by atoms with E-state index in [2.05, 4.69) is 66.3 Å². The number of benzene rings is 2. The number of rotatable bonds is 3. The fourth-order valence-corrected chi connectivity index (χ4v) is 3.04. The van der Waals surface area contributed by atoms with E-state index in [4.69, 9.17) is 0 Å². The molecule has 0 aliphatic heterocycles. The summed E-state index contributed by atoms with van der Waals surface area (Å²) in [5, 5.41) is 1.98. The number of thiocarbonyl (C=S) groups is 1. The third kappa shape index (κ3) is 4.28. The zero-order valence-electron chi connectivity index (χ0n) is 14.8. The van der Waals surface area contributed by atoms with Gasteiger partial charge in [-0.3, -0.25) is 0 Å². The number of hydrogen-bond donors (Lipinski definition) is 0. The van der Waals surface area contributed by atoms with E-state index in [1.54, 1.807) is 0 Å². The van der Waals surface area contributed by atoms with Crippen LogP contribution in [0, 0.1) is 28.9 Å². The number of nitrogens with zero attached hydrogens (tertiary/aromatic N) is 1. The molecule has 0 heterocycles. The van der Waals surface area contributed by atoms with Crippen LogP contribution in [-0.2, 0) is 0 Å². The quantitative estimate of drug-likeness (QED) is 0.338. The first kappa shape index (κ1) is 18.9. The molecule has 1 nitrogen and oxygen atoms in total. The third-order valence-electron chi connectivity index (χ3n) is 4.64. The van der Waals surface area contributed by atoms with Gasteiger partial charge in [0.05, 0.1) is 10.6 Å². The van der Waals surface area contributed by atoms with E-state index in [9.17, 15) is 8.78 Å². The maximum Gasteiger partial charge on any atom is 0.153 e. The van der Waals surface area contributed by atoms with Crippen LogP contribution in [-0.4, -0.2) is 5.16 Å². The van der Waals surface area contributed by atoms with Crippen molar-refractivity contribution in [3.63, 3.8) is 0 Å². The Hall–Kier alpha value is -2.86. The summed E-state index contributed by atoms with van der Waals surface area (Å²) in [6.45, 7) is 2.05. The van der Waals surface area contributed by atoms with E-state index in [0.717, 1.165) is 24.0 Å². The van der Waals surface area contributed by atoms with Crippen LogP contribution >= 0.6 is 12.2 Å². The summed E-state index contributed by atoms with van der Waals surface area (Å²) in [4.78, 5) is 3.41. The summed E-state index contributed by atoms with van der Waals surface area (Å²) in [7, 11) is 0. The zero-order valence-corrected chi connectivity index (χ0v) is 15.6. The van der Waals surface area contributed by atoms with Gasteiger partial charge >= 0.3 is 0 Å². The smallest absolute Gasteiger partial charge is 0.153 e. The summed E-state index contributed by atoms with van der Waals surface area (Å²) < 4.78 is 27.9. The molecular weight excluding hydrogens is 360 g/mol. The maximum absolute atomic E-state index is 14.0. The van der Waals surface area contributed by atoms with Crippen molar-refractivity contribution < 1.29 is 8.78 Å². The molecule has 0 saturated heterocycles. The molecule has 1 atom stereocenters. The second-order valence-corrected chi connectivity index (χ2v) is 6.50. The Labute approximate surface area is 163 Å². The van der Waals surface area contributed by atoms with Gasteiger partial charge in [0, 0.05) is 5.56 Å². The highest BCUT2D eigenvalue weighted by Crippen LogP contribution is 2.35. The van der Waals surface area contributed by atoms with E-state index >= 15 is 0 Å². The monoisotopic (exact) mass is 377 g/mol. The summed E-state index contributed by atoms with van der Waals surface area (Å²) >= 11 is 4.41. The molecule has 0 bridgehead atoms. The predicted octanol–water partition coefficient (Wildman–Crippen LogP) is 6.49. The van der Waals surface area contributed by atoms with Crippen molar-refractivity contribution in [1.29, 1.82) is 0 Å². The SMILES string of the molecule is CCC1(C#Cc2cc(F)c(N=C=S)c(F)c2)C=CC(c2ccccc2)=CC1. The van der Waals surface area contributed by atoms with E-state index in [1.165, 1.54) is 12.1 Å². The lowest BCUT2D eigenvalue weighted by atomic mass is 9.77. The summed E-state index contributed by atoms with van der Waals surface area (Å²) in [6, 6.07) is 12.5. The Balaban J connectivity index is 1.87. The Morgan fingerprint density at radius 1 is 1.15 bits per heavy atom. The van der Waals surface area contributed by atoms with Crippen LogP contribution in [0.3, 0.4) is 0 Å². The Morgan fingerprint density at radius 2 is 1.85 bits per heavy atom. The standard InChI is InChI=1S/C23H17F2NS/c1-2-23(12-9-19(10-13-23)18-6-4-3-5-7-18)11-8-17-14-20(24)22(26-16-27)21(25)15-17/h3-7,9-10,12,14-15H,2,13H2,1H3. The molecule has 2 aromatic rings. The molecule has 134 valence electrons. The fraction of sp³-hybridized carbons (Fsp3) is 0.174. The molecule has 0 fully saturated rings. The van der Waals surface area contributed by atoms with Gasteiger partial charge in [0.15, 0.2) is 11.6 Å². The van der Waals surface area contributed by atoms with Gasteiger partial charge in [-0.1, -0.05) is 67.3 Å². The number of halogens is 2. The van der Waals surface area contributed by atoms with Crippen molar-refractivity contribution >= 4 is 28.6 Å². The fourth-order valence-electron chi connectivity index (χ4n) is 2.95. The number of allylic oxidation sites excluding steroid dienone is 4. The lowest BCUT2D eigenvalue weighted by molar-refractivity contribution is 0.499. The van der Waals surface area contributed by atoms with Crippen LogP contribution in [0.1, 0.15) is 30.9 Å². The maximum atomic E-state index is 14.0. The minimum Gasteiger partial charge on any atom is -0.204 e. The largest absolute Gasteiger partial charge is 0.204 e. The van der Waals surface area contributed by atoms with Crippen molar-refractivity contribution in [3.8, 4) is 11.8 Å². The highest BCUT2D eigenvalue weighted by molar-refractivity contribution is 7.78. The first-order valence-electron chi connectivity index (χ1n) is 8.62. The summed E-state index contributed by atoms with van der Waals surface area (Å²) in [6.07, 6.45) is 7.85. The molecular formula is C23H17F2NS. The second kappa shape index (κ2) is 8.22. The molecule has 2 aromatic carbocycles. The molecule has 1 aliphatic rings. The Morgan fingerprint density at radius 3 is 2.41 bits per heavy atom. The highest BCUT2D eigenvalue weighted by Gasteiger charge is 2.24. The average molecular weight is 377 g/mol. The van der Waals surface area contributed by atoms with Crippen molar-refractivity contribution in [3.05, 3.63) is 83.5 Å². The van der Waals surface area contributed by atoms with Gasteiger partial charge in [0.25, 0.3) is 0 Å². The highest BCUT2D eigenvalue weighted by atomic mass is 32.1. The molecule has 0 amide bonds. The van der Waals surface area contributed by atoms with Crippen molar-refractivity contribution in [2.45, 2.75) is 19.8 Å². The third-order valence-corrected chi connectivity index (χ3v) is 4.73. The van der Waals surface area contributed by atoms with E-state index in [-0.39, 0.29) is 11.0 Å². The van der Waals surface area contributed by atoms with Crippen LogP contribution in [0.2, 0.25) is 0 Å². The molecule has 3 rings (SSSR count). The number of aliphatic imine (C=N–C) groups is 1. The molecule has 0 saturated carbocycles. The van der Waals surface area contributed by atoms with Crippen LogP contribution in [0.15, 0.2) is 65.7 Å². The molecule has 27 heavy (non-hydrogen) atoms. The zero-order chi connectivity index (χ0) is 19.3. The topological polar surface area (TPSA) is 12.4 Å². The van der Waals surface area contributed by atoms with Gasteiger partial charge in [-0.2, -0.15) is 4.99 Å². The van der Waals surface area contributed by atoms with E-state index in [1.807, 2.05) is 23.4 Å². The minimum absolute atomic E-state index is 0.271. The lowest BCUT2D eigenvalue weighted by Gasteiger charge is -2.25. The van der Waals surface area contributed by atoms with Gasteiger partial charge < -0.3 is 0 Å². The first-order chi connectivity index (χ1) is 13.1. The van der Waals surface area contributed by atoms with E-state index in [0.29, 0.717) is 0 Å². The van der Waals surface area contributed by atoms with Crippen LogP contribution < -0.4 is 0 Å². The summed E-state index contributed by atoms with van der Waals surface area (Å²) in [5.41, 5.74) is 1.79. The van der Waals surface area contributed by atoms with Crippen molar-refractivity contribution in [2.24, 2.45) is 10.4 Å². The van der Waals surface area contributed by atoms with Gasteiger partial charge in [-0.15, -0.1) is 0 Å². The van der Waals surface area contributed by atoms with Gasteiger partial charge in [0.2, 0.25) is 0 Å². The van der Waals surface area contributed by atoms with Gasteiger partial charge in [-0.25, -0.2) is 8.78 Å². The second-order valence-electron chi connectivity index (χ2n) is 6.31. The molecule has 0 aromatic heterocycles. The minimum atomic E-state index is -0.798. The normalized spacial score (nSPS) is 18.1. The van der Waals surface area contributed by atoms with Crippen molar-refractivity contribution in [2.75, 3.05) is 0 Å². The molecule has 4 heteroatoms. The van der Waals surface area contributed by atoms with Crippen LogP contribution in [0.5, 0.6) is 0 Å². The molecule has 0 spiro atoms. The molecule has 1 aliphatic carbocycles. The van der Waals surface area contributed by atoms with Crippen molar-refractivity contribution in [1.82, 2.24) is 0 Å². The Kier molecular flexibility index (Phi) is 5.76. The molecule has 0 N–H and O–H groups in total. The van der Waals surface area contributed by atoms with Crippen LogP contribution in [0.25, 0.3) is 5.57 Å². The average Bonchev–Trinajstić information content (AvgIpc) is 2.70. The van der Waals surface area contributed by atoms with Gasteiger partial charge in [0.1, 0.15) is 5.69 Å². The molecule has 0 radical (unpaired) electrons. The summed E-state index contributed by atoms with van der Waals surface area (Å²) in [5.74, 6) is 4.51. The first-order valence-corrected chi connectivity index (χ1v) is 9.02. The number of isothiocyanates is 1. The van der Waals surface area contributed by atoms with Crippen LogP contribution in [0.4, 0.5) is 14.5 Å². The van der Waals surface area contributed by atoms with Gasteiger partial charge in [-0.05, 0) is 48.3 Å². The Bertz CT molecular complexity index is 998. The predicted molar refractivity (Wildman–Crippen MR) is 109 cm³/mol. The van der Waals surface area contributed by atoms with E-state index < -0.39 is 17.3 Å². The lowest BCUT2D eigenvalue weighted by Crippen LogP contribution is -2.15. The molecule has 1 unspecified atom stereocenters.